The van der Waals surface area contributed by atoms with Crippen LogP contribution in [0.1, 0.15) is 5.69 Å². The van der Waals surface area contributed by atoms with Crippen LogP contribution >= 0.6 is 0 Å². The summed E-state index contributed by atoms with van der Waals surface area (Å²) in [6.07, 6.45) is 1.09. The number of amides is 1. The average molecular weight is 420 g/mol. The monoisotopic (exact) mass is 419 g/mol. The van der Waals surface area contributed by atoms with Crippen LogP contribution in [-0.2, 0) is 14.8 Å². The Morgan fingerprint density at radius 3 is 2.41 bits per heavy atom. The normalized spacial score (nSPS) is 14.9. The van der Waals surface area contributed by atoms with Crippen LogP contribution in [0.3, 0.4) is 0 Å². The number of carbonyl (C=O) groups is 1. The summed E-state index contributed by atoms with van der Waals surface area (Å²) in [6.45, 7) is 4.00. The summed E-state index contributed by atoms with van der Waals surface area (Å²) in [6, 6.07) is 9.41. The molecule has 0 aromatic carbocycles. The Morgan fingerprint density at radius 1 is 1.10 bits per heavy atom. The number of likely N-dealkylation sites (N-methyl/N-ethyl adjacent to an activating group) is 1. The minimum absolute atomic E-state index is 0.147. The molecule has 156 valence electrons. The van der Waals surface area contributed by atoms with E-state index in [-0.39, 0.29) is 12.5 Å². The van der Waals surface area contributed by atoms with Crippen molar-refractivity contribution in [1.82, 2.24) is 24.4 Å². The molecular formula is C18H25N7O3S. The highest BCUT2D eigenvalue weighted by Crippen LogP contribution is 2.17. The van der Waals surface area contributed by atoms with Crippen LogP contribution in [0.15, 0.2) is 30.3 Å². The number of hydrogen-bond donors (Lipinski definition) is 1. The van der Waals surface area contributed by atoms with Crippen LogP contribution in [0.4, 0.5) is 17.5 Å². The Morgan fingerprint density at radius 2 is 1.83 bits per heavy atom. The van der Waals surface area contributed by atoms with Gasteiger partial charge in [0.25, 0.3) is 0 Å². The lowest BCUT2D eigenvalue weighted by Crippen LogP contribution is -2.51. The van der Waals surface area contributed by atoms with Gasteiger partial charge < -0.3 is 15.1 Å². The Hall–Kier alpha value is -2.79. The van der Waals surface area contributed by atoms with Crippen molar-refractivity contribution in [3.05, 3.63) is 36.0 Å². The zero-order valence-electron chi connectivity index (χ0n) is 16.7. The van der Waals surface area contributed by atoms with Crippen molar-refractivity contribution in [2.24, 2.45) is 0 Å². The van der Waals surface area contributed by atoms with E-state index in [1.807, 2.05) is 42.2 Å². The van der Waals surface area contributed by atoms with Crippen LogP contribution in [0.2, 0.25) is 0 Å². The molecular weight excluding hydrogens is 394 g/mol. The number of nitrogens with one attached hydrogen (secondary N) is 1. The molecule has 0 spiro atoms. The number of sulfonamides is 1. The minimum atomic E-state index is -3.37. The number of nitrogens with zero attached hydrogens (tertiary/aromatic N) is 6. The standard InChI is InChI=1S/C18H25N7O3S/c1-14-5-4-6-15(19-14)20-16-7-8-17(22-21-16)24-9-11-25(12-10-24)18(26)13-23(2)29(3,27)28/h4-8H,9-13H2,1-3H3,(H,19,20,21). The molecule has 0 unspecified atom stereocenters. The molecule has 0 radical (unpaired) electrons. The van der Waals surface area contributed by atoms with E-state index in [0.29, 0.717) is 37.8 Å². The minimum Gasteiger partial charge on any atom is -0.352 e. The van der Waals surface area contributed by atoms with Gasteiger partial charge in [-0.05, 0) is 31.2 Å². The van der Waals surface area contributed by atoms with E-state index in [1.165, 1.54) is 7.05 Å². The summed E-state index contributed by atoms with van der Waals surface area (Å²) in [5, 5.41) is 11.6. The van der Waals surface area contributed by atoms with Gasteiger partial charge in [0.1, 0.15) is 5.82 Å². The molecule has 2 aromatic heterocycles. The first kappa shape index (κ1) is 20.9. The summed E-state index contributed by atoms with van der Waals surface area (Å²) in [7, 11) is -1.97. The van der Waals surface area contributed by atoms with Crippen molar-refractivity contribution in [2.45, 2.75) is 6.92 Å². The molecule has 0 saturated carbocycles. The van der Waals surface area contributed by atoms with Gasteiger partial charge in [-0.15, -0.1) is 10.2 Å². The Balaban J connectivity index is 1.53. The zero-order valence-corrected chi connectivity index (χ0v) is 17.6. The van der Waals surface area contributed by atoms with Crippen molar-refractivity contribution in [3.63, 3.8) is 0 Å². The Labute approximate surface area is 170 Å². The van der Waals surface area contributed by atoms with Gasteiger partial charge in [0.15, 0.2) is 11.6 Å². The highest BCUT2D eigenvalue weighted by atomic mass is 32.2. The van der Waals surface area contributed by atoms with Gasteiger partial charge in [-0.1, -0.05) is 6.07 Å². The number of piperazine rings is 1. The highest BCUT2D eigenvalue weighted by Gasteiger charge is 2.24. The van der Waals surface area contributed by atoms with Gasteiger partial charge in [-0.3, -0.25) is 4.79 Å². The third kappa shape index (κ3) is 5.61. The fourth-order valence-electron chi connectivity index (χ4n) is 2.90. The first-order valence-corrected chi connectivity index (χ1v) is 11.1. The van der Waals surface area contributed by atoms with Gasteiger partial charge in [0.2, 0.25) is 15.9 Å². The van der Waals surface area contributed by atoms with Gasteiger partial charge in [0, 0.05) is 38.9 Å². The smallest absolute Gasteiger partial charge is 0.238 e. The van der Waals surface area contributed by atoms with Gasteiger partial charge >= 0.3 is 0 Å². The number of rotatable bonds is 6. The molecule has 0 aliphatic carbocycles. The molecule has 0 bridgehead atoms. The molecule has 10 nitrogen and oxygen atoms in total. The number of aryl methyl sites for hydroxylation is 1. The van der Waals surface area contributed by atoms with Crippen LogP contribution < -0.4 is 10.2 Å². The maximum atomic E-state index is 12.3. The van der Waals surface area contributed by atoms with Crippen LogP contribution in [0, 0.1) is 6.92 Å². The Kier molecular flexibility index (Phi) is 6.28. The lowest BCUT2D eigenvalue weighted by atomic mass is 10.3. The number of aromatic nitrogens is 3. The highest BCUT2D eigenvalue weighted by molar-refractivity contribution is 7.88. The fraction of sp³-hybridized carbons (Fsp3) is 0.444. The van der Waals surface area contributed by atoms with E-state index in [2.05, 4.69) is 20.5 Å². The third-order valence-corrected chi connectivity index (χ3v) is 5.94. The lowest BCUT2D eigenvalue weighted by Gasteiger charge is -2.35. The summed E-state index contributed by atoms with van der Waals surface area (Å²) in [5.41, 5.74) is 0.912. The van der Waals surface area contributed by atoms with E-state index in [4.69, 9.17) is 0 Å². The average Bonchev–Trinajstić information content (AvgIpc) is 2.68. The summed E-state index contributed by atoms with van der Waals surface area (Å²) in [4.78, 5) is 20.4. The second-order valence-corrected chi connectivity index (χ2v) is 9.04. The molecule has 29 heavy (non-hydrogen) atoms. The van der Waals surface area contributed by atoms with Crippen molar-refractivity contribution >= 4 is 33.4 Å². The summed E-state index contributed by atoms with van der Waals surface area (Å²) >= 11 is 0. The maximum Gasteiger partial charge on any atom is 0.238 e. The second kappa shape index (κ2) is 8.70. The van der Waals surface area contributed by atoms with Crippen molar-refractivity contribution in [3.8, 4) is 0 Å². The SMILES string of the molecule is Cc1cccc(Nc2ccc(N3CCN(C(=O)CN(C)S(C)(=O)=O)CC3)nn2)n1. The fourth-order valence-corrected chi connectivity index (χ4v) is 3.24. The molecule has 2 aromatic rings. The van der Waals surface area contributed by atoms with Crippen molar-refractivity contribution in [1.29, 1.82) is 0 Å². The van der Waals surface area contributed by atoms with Crippen LogP contribution in [0.25, 0.3) is 0 Å². The molecule has 3 rings (SSSR count). The van der Waals surface area contributed by atoms with Crippen LogP contribution in [0.5, 0.6) is 0 Å². The molecule has 1 N–H and O–H groups in total. The zero-order chi connectivity index (χ0) is 21.0. The molecule has 11 heteroatoms. The van der Waals surface area contributed by atoms with Gasteiger partial charge in [-0.2, -0.15) is 4.31 Å². The molecule has 1 aliphatic rings. The number of carbonyl (C=O) groups excluding carboxylic acids is 1. The Bertz CT molecular complexity index is 958. The largest absolute Gasteiger partial charge is 0.352 e. The quantitative estimate of drug-likeness (QED) is 0.719. The number of pyridine rings is 1. The first-order chi connectivity index (χ1) is 13.7. The molecule has 1 fully saturated rings. The predicted octanol–water partition coefficient (Wildman–Crippen LogP) is 0.464. The topological polar surface area (TPSA) is 112 Å². The van der Waals surface area contributed by atoms with Crippen LogP contribution in [-0.4, -0.2) is 84.7 Å². The van der Waals surface area contributed by atoms with Crippen molar-refractivity contribution < 1.29 is 13.2 Å². The molecule has 3 heterocycles. The lowest BCUT2D eigenvalue weighted by molar-refractivity contribution is -0.131. The van der Waals surface area contributed by atoms with E-state index < -0.39 is 10.0 Å². The predicted molar refractivity (Wildman–Crippen MR) is 111 cm³/mol. The molecule has 1 amide bonds. The van der Waals surface area contributed by atoms with E-state index in [0.717, 1.165) is 22.1 Å². The molecule has 1 saturated heterocycles. The molecule has 1 aliphatic heterocycles. The third-order valence-electron chi connectivity index (χ3n) is 4.68. The number of anilines is 3. The van der Waals surface area contributed by atoms with E-state index in [1.54, 1.807) is 4.90 Å². The van der Waals surface area contributed by atoms with E-state index >= 15 is 0 Å². The summed E-state index contributed by atoms with van der Waals surface area (Å²) in [5.74, 6) is 1.84. The van der Waals surface area contributed by atoms with E-state index in [9.17, 15) is 13.2 Å². The molecule has 0 atom stereocenters. The number of hydrogen-bond acceptors (Lipinski definition) is 8. The second-order valence-electron chi connectivity index (χ2n) is 6.95. The summed E-state index contributed by atoms with van der Waals surface area (Å²) < 4.78 is 24.0. The van der Waals surface area contributed by atoms with Gasteiger partial charge in [0.05, 0.1) is 12.8 Å². The maximum absolute atomic E-state index is 12.3. The van der Waals surface area contributed by atoms with Crippen molar-refractivity contribution in [2.75, 3.05) is 56.2 Å². The van der Waals surface area contributed by atoms with Gasteiger partial charge in [-0.25, -0.2) is 13.4 Å². The first-order valence-electron chi connectivity index (χ1n) is 9.21.